The summed E-state index contributed by atoms with van der Waals surface area (Å²) in [5.74, 6) is 0.896. The van der Waals surface area contributed by atoms with Gasteiger partial charge in [0.15, 0.2) is 0 Å². The fourth-order valence-electron chi connectivity index (χ4n) is 2.65. The van der Waals surface area contributed by atoms with Gasteiger partial charge >= 0.3 is 0 Å². The van der Waals surface area contributed by atoms with Crippen LogP contribution in [0.1, 0.15) is 56.7 Å². The molecule has 3 heteroatoms. The van der Waals surface area contributed by atoms with E-state index in [0.717, 1.165) is 25.0 Å². The molecule has 0 aliphatic heterocycles. The van der Waals surface area contributed by atoms with Gasteiger partial charge in [0.2, 0.25) is 0 Å². The van der Waals surface area contributed by atoms with E-state index in [0.29, 0.717) is 19.4 Å². The van der Waals surface area contributed by atoms with E-state index in [9.17, 15) is 5.11 Å². The van der Waals surface area contributed by atoms with Crippen molar-refractivity contribution in [2.24, 2.45) is 5.73 Å². The summed E-state index contributed by atoms with van der Waals surface area (Å²) in [5, 5.41) is 10.3. The van der Waals surface area contributed by atoms with E-state index < -0.39 is 5.60 Å². The molecule has 0 amide bonds. The van der Waals surface area contributed by atoms with Gasteiger partial charge in [-0.2, -0.15) is 0 Å². The fraction of sp³-hybridized carbons (Fsp3) is 0.625. The molecule has 0 saturated heterocycles. The molecule has 0 saturated carbocycles. The molecule has 3 N–H and O–H groups in total. The summed E-state index contributed by atoms with van der Waals surface area (Å²) in [6.45, 7) is 4.33. The molecule has 3 nitrogen and oxygen atoms in total. The summed E-state index contributed by atoms with van der Waals surface area (Å²) in [4.78, 5) is 0. The number of nitrogens with two attached hydrogens (primary N) is 1. The van der Waals surface area contributed by atoms with Crippen LogP contribution in [0.5, 0.6) is 5.75 Å². The maximum atomic E-state index is 10.3. The summed E-state index contributed by atoms with van der Waals surface area (Å²) < 4.78 is 5.89. The van der Waals surface area contributed by atoms with Crippen LogP contribution in [0.4, 0.5) is 0 Å². The lowest BCUT2D eigenvalue weighted by Gasteiger charge is -2.28. The van der Waals surface area contributed by atoms with Crippen molar-refractivity contribution in [2.75, 3.05) is 6.61 Å². The summed E-state index contributed by atoms with van der Waals surface area (Å²) in [5.41, 5.74) is 7.86. The van der Waals surface area contributed by atoms with Crippen LogP contribution in [0.3, 0.4) is 0 Å². The van der Waals surface area contributed by atoms with Gasteiger partial charge in [0, 0.05) is 6.04 Å². The Morgan fingerprint density at radius 1 is 1.37 bits per heavy atom. The minimum absolute atomic E-state index is 0.128. The standard InChI is InChI=1S/C16H25NO2/c1-3-16(18,4-2)11-19-15-10-6-7-12-13(15)8-5-9-14(12)17/h6-7,10,14,18H,3-5,8-9,11,17H2,1-2H3. The minimum atomic E-state index is -0.723. The summed E-state index contributed by atoms with van der Waals surface area (Å²) >= 11 is 0. The fourth-order valence-corrected chi connectivity index (χ4v) is 2.65. The molecule has 1 unspecified atom stereocenters. The predicted molar refractivity (Wildman–Crippen MR) is 77.3 cm³/mol. The van der Waals surface area contributed by atoms with Crippen molar-refractivity contribution in [2.45, 2.75) is 57.6 Å². The van der Waals surface area contributed by atoms with Gasteiger partial charge in [0.25, 0.3) is 0 Å². The third-order valence-electron chi connectivity index (χ3n) is 4.32. The van der Waals surface area contributed by atoms with E-state index in [4.69, 9.17) is 10.5 Å². The third-order valence-corrected chi connectivity index (χ3v) is 4.32. The zero-order valence-corrected chi connectivity index (χ0v) is 12.0. The van der Waals surface area contributed by atoms with Crippen molar-refractivity contribution >= 4 is 0 Å². The van der Waals surface area contributed by atoms with Crippen molar-refractivity contribution in [1.82, 2.24) is 0 Å². The zero-order valence-electron chi connectivity index (χ0n) is 12.0. The lowest BCUT2D eigenvalue weighted by Crippen LogP contribution is -2.34. The molecule has 1 aromatic carbocycles. The SMILES string of the molecule is CCC(O)(CC)COc1cccc2c1CCCC2N. The van der Waals surface area contributed by atoms with Crippen molar-refractivity contribution in [3.05, 3.63) is 29.3 Å². The quantitative estimate of drug-likeness (QED) is 0.858. The summed E-state index contributed by atoms with van der Waals surface area (Å²) in [7, 11) is 0. The number of fused-ring (bicyclic) bond motifs is 1. The van der Waals surface area contributed by atoms with E-state index in [1.807, 2.05) is 26.0 Å². The van der Waals surface area contributed by atoms with Crippen molar-refractivity contribution in [1.29, 1.82) is 0 Å². The molecule has 1 atom stereocenters. The van der Waals surface area contributed by atoms with Crippen LogP contribution in [0.25, 0.3) is 0 Å². The van der Waals surface area contributed by atoms with Gasteiger partial charge in [0.05, 0.1) is 5.60 Å². The molecule has 1 aliphatic rings. The number of ether oxygens (including phenoxy) is 1. The maximum Gasteiger partial charge on any atom is 0.122 e. The van der Waals surface area contributed by atoms with Crippen molar-refractivity contribution in [3.63, 3.8) is 0 Å². The molecule has 106 valence electrons. The summed E-state index contributed by atoms with van der Waals surface area (Å²) in [6, 6.07) is 6.21. The Kier molecular flexibility index (Phi) is 4.48. The second-order valence-corrected chi connectivity index (χ2v) is 5.54. The Balaban J connectivity index is 2.15. The van der Waals surface area contributed by atoms with Crippen LogP contribution < -0.4 is 10.5 Å². The lowest BCUT2D eigenvalue weighted by atomic mass is 9.87. The number of aliphatic hydroxyl groups is 1. The monoisotopic (exact) mass is 263 g/mol. The molecular formula is C16H25NO2. The van der Waals surface area contributed by atoms with Crippen LogP contribution in [0, 0.1) is 0 Å². The van der Waals surface area contributed by atoms with Crippen LogP contribution in [-0.4, -0.2) is 17.3 Å². The molecule has 1 aliphatic carbocycles. The van der Waals surface area contributed by atoms with Gasteiger partial charge in [0.1, 0.15) is 12.4 Å². The van der Waals surface area contributed by atoms with Gasteiger partial charge < -0.3 is 15.6 Å². The van der Waals surface area contributed by atoms with Crippen molar-refractivity contribution < 1.29 is 9.84 Å². The highest BCUT2D eigenvalue weighted by Crippen LogP contribution is 2.34. The molecule has 0 aromatic heterocycles. The summed E-state index contributed by atoms with van der Waals surface area (Å²) in [6.07, 6.45) is 4.59. The molecular weight excluding hydrogens is 238 g/mol. The first-order valence-electron chi connectivity index (χ1n) is 7.32. The van der Waals surface area contributed by atoms with Crippen LogP contribution in [0.15, 0.2) is 18.2 Å². The van der Waals surface area contributed by atoms with Crippen LogP contribution >= 0.6 is 0 Å². The first-order valence-corrected chi connectivity index (χ1v) is 7.32. The van der Waals surface area contributed by atoms with Gasteiger partial charge in [-0.25, -0.2) is 0 Å². The lowest BCUT2D eigenvalue weighted by molar-refractivity contribution is -0.0116. The van der Waals surface area contributed by atoms with E-state index in [2.05, 4.69) is 6.07 Å². The highest BCUT2D eigenvalue weighted by molar-refractivity contribution is 5.43. The molecule has 19 heavy (non-hydrogen) atoms. The Morgan fingerprint density at radius 2 is 2.11 bits per heavy atom. The van der Waals surface area contributed by atoms with Crippen LogP contribution in [0.2, 0.25) is 0 Å². The molecule has 2 rings (SSSR count). The normalized spacial score (nSPS) is 19.1. The second kappa shape index (κ2) is 5.93. The predicted octanol–water partition coefficient (Wildman–Crippen LogP) is 2.95. The third kappa shape index (κ3) is 3.10. The average molecular weight is 263 g/mol. The Bertz CT molecular complexity index is 427. The number of rotatable bonds is 5. The van der Waals surface area contributed by atoms with Gasteiger partial charge in [-0.3, -0.25) is 0 Å². The maximum absolute atomic E-state index is 10.3. The van der Waals surface area contributed by atoms with E-state index in [-0.39, 0.29) is 6.04 Å². The smallest absolute Gasteiger partial charge is 0.122 e. The second-order valence-electron chi connectivity index (χ2n) is 5.54. The topological polar surface area (TPSA) is 55.5 Å². The number of benzene rings is 1. The molecule has 0 spiro atoms. The van der Waals surface area contributed by atoms with Crippen molar-refractivity contribution in [3.8, 4) is 5.75 Å². The number of hydrogen-bond acceptors (Lipinski definition) is 3. The molecule has 0 fully saturated rings. The Labute approximate surface area is 115 Å². The van der Waals surface area contributed by atoms with Gasteiger partial charge in [-0.1, -0.05) is 26.0 Å². The first-order chi connectivity index (χ1) is 9.09. The molecule has 0 bridgehead atoms. The van der Waals surface area contributed by atoms with Gasteiger partial charge in [-0.05, 0) is 49.3 Å². The highest BCUT2D eigenvalue weighted by Gasteiger charge is 2.25. The Hall–Kier alpha value is -1.06. The largest absolute Gasteiger partial charge is 0.490 e. The molecule has 0 heterocycles. The van der Waals surface area contributed by atoms with Crippen LogP contribution in [-0.2, 0) is 6.42 Å². The number of hydrogen-bond donors (Lipinski definition) is 2. The molecule has 0 radical (unpaired) electrons. The van der Waals surface area contributed by atoms with E-state index >= 15 is 0 Å². The zero-order chi connectivity index (χ0) is 13.9. The van der Waals surface area contributed by atoms with E-state index in [1.165, 1.54) is 11.1 Å². The highest BCUT2D eigenvalue weighted by atomic mass is 16.5. The van der Waals surface area contributed by atoms with E-state index in [1.54, 1.807) is 0 Å². The van der Waals surface area contributed by atoms with Gasteiger partial charge in [-0.15, -0.1) is 0 Å². The first kappa shape index (κ1) is 14.4. The minimum Gasteiger partial charge on any atom is -0.490 e. The molecule has 1 aromatic rings. The Morgan fingerprint density at radius 3 is 2.79 bits per heavy atom. The average Bonchev–Trinajstić information content (AvgIpc) is 2.45.